The van der Waals surface area contributed by atoms with E-state index in [-0.39, 0.29) is 12.3 Å². The smallest absolute Gasteiger partial charge is 0.303 e. The van der Waals surface area contributed by atoms with Gasteiger partial charge in [0.05, 0.1) is 0 Å². The summed E-state index contributed by atoms with van der Waals surface area (Å²) in [5, 5.41) is 21.1. The predicted octanol–water partition coefficient (Wildman–Crippen LogP) is 2.41. The van der Waals surface area contributed by atoms with Crippen molar-refractivity contribution in [2.45, 2.75) is 26.8 Å². The summed E-state index contributed by atoms with van der Waals surface area (Å²) in [4.78, 5) is 10.7. The molecular formula is C13H15ClN4O2. The van der Waals surface area contributed by atoms with E-state index in [1.807, 2.05) is 26.0 Å². The van der Waals surface area contributed by atoms with Crippen molar-refractivity contribution in [1.82, 2.24) is 20.2 Å². The first-order chi connectivity index (χ1) is 9.47. The van der Waals surface area contributed by atoms with Gasteiger partial charge in [-0.1, -0.05) is 18.5 Å². The summed E-state index contributed by atoms with van der Waals surface area (Å²) in [6.45, 7) is 4.24. The molecule has 1 unspecified atom stereocenters. The quantitative estimate of drug-likeness (QED) is 0.916. The maximum Gasteiger partial charge on any atom is 0.303 e. The van der Waals surface area contributed by atoms with Crippen LogP contribution >= 0.6 is 11.6 Å². The third kappa shape index (κ3) is 3.33. The van der Waals surface area contributed by atoms with E-state index in [1.54, 1.807) is 10.7 Å². The largest absolute Gasteiger partial charge is 0.481 e. The fourth-order valence-corrected chi connectivity index (χ4v) is 2.28. The van der Waals surface area contributed by atoms with Crippen LogP contribution in [0.5, 0.6) is 0 Å². The number of benzene rings is 1. The zero-order valence-corrected chi connectivity index (χ0v) is 12.0. The van der Waals surface area contributed by atoms with Gasteiger partial charge in [-0.05, 0) is 47.0 Å². The minimum Gasteiger partial charge on any atom is -0.481 e. The molecule has 1 aromatic heterocycles. The minimum atomic E-state index is -0.824. The van der Waals surface area contributed by atoms with Gasteiger partial charge in [0, 0.05) is 23.6 Å². The molecular weight excluding hydrogens is 280 g/mol. The Morgan fingerprint density at radius 3 is 2.90 bits per heavy atom. The second-order valence-corrected chi connectivity index (χ2v) is 5.28. The molecule has 0 amide bonds. The van der Waals surface area contributed by atoms with E-state index in [2.05, 4.69) is 15.5 Å². The lowest BCUT2D eigenvalue weighted by Gasteiger charge is -2.11. The van der Waals surface area contributed by atoms with Crippen molar-refractivity contribution >= 4 is 17.6 Å². The molecule has 1 aromatic carbocycles. The third-order valence-corrected chi connectivity index (χ3v) is 3.20. The molecule has 0 saturated heterocycles. The lowest BCUT2D eigenvalue weighted by Crippen LogP contribution is -2.14. The van der Waals surface area contributed by atoms with Crippen molar-refractivity contribution in [3.05, 3.63) is 28.8 Å². The molecule has 0 saturated carbocycles. The number of aromatic nitrogens is 4. The number of hydrogen-bond donors (Lipinski definition) is 1. The maximum absolute atomic E-state index is 10.7. The van der Waals surface area contributed by atoms with Gasteiger partial charge in [0.15, 0.2) is 5.82 Å². The monoisotopic (exact) mass is 294 g/mol. The molecule has 1 heterocycles. The SMILES string of the molecule is Cc1cc(Cl)ccc1-c1nnnn1CC(C)CC(=O)O. The number of hydrogen-bond acceptors (Lipinski definition) is 4. The molecule has 2 aromatic rings. The lowest BCUT2D eigenvalue weighted by atomic mass is 10.1. The summed E-state index contributed by atoms with van der Waals surface area (Å²) in [5.74, 6) is -0.256. The van der Waals surface area contributed by atoms with Gasteiger partial charge >= 0.3 is 5.97 Å². The zero-order chi connectivity index (χ0) is 14.7. The van der Waals surface area contributed by atoms with Crippen LogP contribution in [0.2, 0.25) is 5.02 Å². The highest BCUT2D eigenvalue weighted by molar-refractivity contribution is 6.30. The molecule has 0 aliphatic heterocycles. The van der Waals surface area contributed by atoms with Crippen LogP contribution in [0.4, 0.5) is 0 Å². The highest BCUT2D eigenvalue weighted by Gasteiger charge is 2.15. The van der Waals surface area contributed by atoms with Crippen molar-refractivity contribution in [3.8, 4) is 11.4 Å². The first-order valence-electron chi connectivity index (χ1n) is 6.22. The molecule has 1 atom stereocenters. The molecule has 6 nitrogen and oxygen atoms in total. The van der Waals surface area contributed by atoms with Crippen LogP contribution in [0.25, 0.3) is 11.4 Å². The summed E-state index contributed by atoms with van der Waals surface area (Å²) < 4.78 is 1.63. The Hall–Kier alpha value is -1.95. The number of aliphatic carboxylic acids is 1. The molecule has 2 rings (SSSR count). The number of nitrogens with zero attached hydrogens (tertiary/aromatic N) is 4. The molecule has 0 spiro atoms. The zero-order valence-electron chi connectivity index (χ0n) is 11.2. The van der Waals surface area contributed by atoms with E-state index in [9.17, 15) is 4.79 Å². The number of aryl methyl sites for hydroxylation is 1. The number of carbonyl (C=O) groups is 1. The first-order valence-corrected chi connectivity index (χ1v) is 6.59. The van der Waals surface area contributed by atoms with Gasteiger partial charge in [-0.15, -0.1) is 5.10 Å². The number of carboxylic acid groups (broad SMARTS) is 1. The summed E-state index contributed by atoms with van der Waals surface area (Å²) in [7, 11) is 0. The maximum atomic E-state index is 10.7. The highest BCUT2D eigenvalue weighted by Crippen LogP contribution is 2.24. The van der Waals surface area contributed by atoms with Gasteiger partial charge in [-0.3, -0.25) is 4.79 Å². The van der Waals surface area contributed by atoms with E-state index in [0.717, 1.165) is 11.1 Å². The van der Waals surface area contributed by atoms with Gasteiger partial charge in [-0.25, -0.2) is 4.68 Å². The highest BCUT2D eigenvalue weighted by atomic mass is 35.5. The van der Waals surface area contributed by atoms with E-state index in [1.165, 1.54) is 0 Å². The summed E-state index contributed by atoms with van der Waals surface area (Å²) in [5.41, 5.74) is 1.86. The number of halogens is 1. The molecule has 7 heteroatoms. The molecule has 0 bridgehead atoms. The Morgan fingerprint density at radius 2 is 2.25 bits per heavy atom. The molecule has 0 fully saturated rings. The van der Waals surface area contributed by atoms with Crippen LogP contribution in [-0.2, 0) is 11.3 Å². The number of tetrazole rings is 1. The fraction of sp³-hybridized carbons (Fsp3) is 0.385. The lowest BCUT2D eigenvalue weighted by molar-refractivity contribution is -0.138. The average Bonchev–Trinajstić information content (AvgIpc) is 2.75. The Kier molecular flexibility index (Phi) is 4.34. The van der Waals surface area contributed by atoms with Crippen molar-refractivity contribution in [1.29, 1.82) is 0 Å². The van der Waals surface area contributed by atoms with Crippen molar-refractivity contribution < 1.29 is 9.90 Å². The van der Waals surface area contributed by atoms with E-state index in [0.29, 0.717) is 17.4 Å². The van der Waals surface area contributed by atoms with Gasteiger partial charge in [0.1, 0.15) is 0 Å². The van der Waals surface area contributed by atoms with Gasteiger partial charge in [0.25, 0.3) is 0 Å². The molecule has 0 aliphatic rings. The Labute approximate surface area is 121 Å². The van der Waals surface area contributed by atoms with Crippen molar-refractivity contribution in [2.24, 2.45) is 5.92 Å². The van der Waals surface area contributed by atoms with Crippen LogP contribution in [-0.4, -0.2) is 31.3 Å². The molecule has 1 N–H and O–H groups in total. The number of rotatable bonds is 5. The molecule has 20 heavy (non-hydrogen) atoms. The molecule has 106 valence electrons. The third-order valence-electron chi connectivity index (χ3n) is 2.97. The Balaban J connectivity index is 2.26. The van der Waals surface area contributed by atoms with Crippen LogP contribution in [0.1, 0.15) is 18.9 Å². The van der Waals surface area contributed by atoms with Crippen molar-refractivity contribution in [2.75, 3.05) is 0 Å². The molecule has 0 aliphatic carbocycles. The first kappa shape index (κ1) is 14.5. The Morgan fingerprint density at radius 1 is 1.50 bits per heavy atom. The second kappa shape index (κ2) is 6.00. The van der Waals surface area contributed by atoms with E-state index < -0.39 is 5.97 Å². The van der Waals surface area contributed by atoms with Crippen LogP contribution < -0.4 is 0 Å². The Bertz CT molecular complexity index is 627. The van der Waals surface area contributed by atoms with Crippen LogP contribution in [0.3, 0.4) is 0 Å². The van der Waals surface area contributed by atoms with Crippen LogP contribution in [0, 0.1) is 12.8 Å². The fourth-order valence-electron chi connectivity index (χ4n) is 2.06. The van der Waals surface area contributed by atoms with Gasteiger partial charge in [-0.2, -0.15) is 0 Å². The van der Waals surface area contributed by atoms with Gasteiger partial charge in [0.2, 0.25) is 0 Å². The summed E-state index contributed by atoms with van der Waals surface area (Å²) in [6, 6.07) is 5.49. The number of carboxylic acids is 1. The average molecular weight is 295 g/mol. The molecule has 0 radical (unpaired) electrons. The normalized spacial score (nSPS) is 12.3. The van der Waals surface area contributed by atoms with E-state index >= 15 is 0 Å². The van der Waals surface area contributed by atoms with Crippen molar-refractivity contribution in [3.63, 3.8) is 0 Å². The topological polar surface area (TPSA) is 80.9 Å². The minimum absolute atomic E-state index is 0.0534. The standard InChI is InChI=1S/C13H15ClN4O2/c1-8(5-12(19)20)7-18-13(15-16-17-18)11-4-3-10(14)6-9(11)2/h3-4,6,8H,5,7H2,1-2H3,(H,19,20). The summed E-state index contributed by atoms with van der Waals surface area (Å²) in [6.07, 6.45) is 0.0822. The van der Waals surface area contributed by atoms with E-state index in [4.69, 9.17) is 16.7 Å². The predicted molar refractivity (Wildman–Crippen MR) is 74.4 cm³/mol. The summed E-state index contributed by atoms with van der Waals surface area (Å²) >= 11 is 5.94. The second-order valence-electron chi connectivity index (χ2n) is 4.85. The van der Waals surface area contributed by atoms with Gasteiger partial charge < -0.3 is 5.11 Å². The van der Waals surface area contributed by atoms with Crippen LogP contribution in [0.15, 0.2) is 18.2 Å².